The fourth-order valence-corrected chi connectivity index (χ4v) is 5.81. The van der Waals surface area contributed by atoms with Crippen molar-refractivity contribution in [1.29, 1.82) is 0 Å². The monoisotopic (exact) mass is 431 g/mol. The van der Waals surface area contributed by atoms with Crippen molar-refractivity contribution in [3.05, 3.63) is 70.4 Å². The molecule has 1 aliphatic heterocycles. The Labute approximate surface area is 175 Å². The van der Waals surface area contributed by atoms with Gasteiger partial charge in [0.15, 0.2) is 9.84 Å². The van der Waals surface area contributed by atoms with Crippen LogP contribution in [-0.4, -0.2) is 36.8 Å². The molecule has 1 aliphatic rings. The van der Waals surface area contributed by atoms with E-state index in [0.29, 0.717) is 18.0 Å². The zero-order chi connectivity index (χ0) is 20.6. The number of carbonyl (C=O) groups is 1. The van der Waals surface area contributed by atoms with Gasteiger partial charge in [0.1, 0.15) is 5.58 Å². The van der Waals surface area contributed by atoms with E-state index in [-0.39, 0.29) is 29.9 Å². The van der Waals surface area contributed by atoms with Crippen LogP contribution in [0.3, 0.4) is 0 Å². The Morgan fingerprint density at radius 1 is 1.24 bits per heavy atom. The molecule has 1 amide bonds. The summed E-state index contributed by atoms with van der Waals surface area (Å²) >= 11 is 6.10. The van der Waals surface area contributed by atoms with Crippen LogP contribution in [0.1, 0.15) is 23.1 Å². The molecule has 0 radical (unpaired) electrons. The molecule has 1 aromatic heterocycles. The highest BCUT2D eigenvalue weighted by molar-refractivity contribution is 7.91. The molecule has 1 fully saturated rings. The van der Waals surface area contributed by atoms with E-state index in [1.807, 2.05) is 43.3 Å². The van der Waals surface area contributed by atoms with Crippen molar-refractivity contribution in [3.8, 4) is 0 Å². The molecule has 3 aromatic rings. The van der Waals surface area contributed by atoms with Crippen LogP contribution in [0.25, 0.3) is 11.0 Å². The van der Waals surface area contributed by atoms with Crippen molar-refractivity contribution in [2.24, 2.45) is 0 Å². The maximum atomic E-state index is 13.3. The molecule has 2 heterocycles. The third kappa shape index (κ3) is 4.49. The summed E-state index contributed by atoms with van der Waals surface area (Å²) in [6.45, 7) is 2.32. The van der Waals surface area contributed by atoms with E-state index in [0.717, 1.165) is 27.7 Å². The number of furan rings is 1. The van der Waals surface area contributed by atoms with E-state index in [1.165, 1.54) is 0 Å². The van der Waals surface area contributed by atoms with Crippen LogP contribution in [0.4, 0.5) is 0 Å². The van der Waals surface area contributed by atoms with Gasteiger partial charge in [-0.3, -0.25) is 4.79 Å². The van der Waals surface area contributed by atoms with Crippen molar-refractivity contribution in [1.82, 2.24) is 4.90 Å². The van der Waals surface area contributed by atoms with Crippen molar-refractivity contribution in [3.63, 3.8) is 0 Å². The maximum Gasteiger partial charge on any atom is 0.227 e. The minimum Gasteiger partial charge on any atom is -0.464 e. The summed E-state index contributed by atoms with van der Waals surface area (Å²) in [7, 11) is -3.12. The standard InChI is InChI=1S/C22H22ClNO4S/c1-15-5-6-21-20(9-15)17(13-28-21)11-22(25)24(19-7-8-29(26,27)14-19)12-16-3-2-4-18(23)10-16/h2-6,9-10,13,19H,7-8,11-12,14H2,1H3. The number of nitrogens with zero attached hydrogens (tertiary/aromatic N) is 1. The van der Waals surface area contributed by atoms with Crippen molar-refractivity contribution >= 4 is 38.3 Å². The number of aryl methyl sites for hydroxylation is 1. The first-order valence-corrected chi connectivity index (χ1v) is 11.7. The Bertz CT molecular complexity index is 1170. The Hall–Kier alpha value is -2.31. The molecule has 0 N–H and O–H groups in total. The van der Waals surface area contributed by atoms with E-state index in [4.69, 9.17) is 16.0 Å². The first kappa shape index (κ1) is 20.0. The lowest BCUT2D eigenvalue weighted by Gasteiger charge is -2.28. The van der Waals surface area contributed by atoms with Crippen LogP contribution >= 0.6 is 11.6 Å². The third-order valence-corrected chi connectivity index (χ3v) is 7.35. The molecule has 1 unspecified atom stereocenters. The second-order valence-corrected chi connectivity index (χ2v) is 10.3. The minimum absolute atomic E-state index is 0.00451. The van der Waals surface area contributed by atoms with E-state index in [2.05, 4.69) is 0 Å². The van der Waals surface area contributed by atoms with Crippen LogP contribution in [0, 0.1) is 6.92 Å². The largest absolute Gasteiger partial charge is 0.464 e. The van der Waals surface area contributed by atoms with Crippen LogP contribution < -0.4 is 0 Å². The number of sulfone groups is 1. The predicted octanol–water partition coefficient (Wildman–Crippen LogP) is 4.15. The van der Waals surface area contributed by atoms with Gasteiger partial charge in [0.25, 0.3) is 0 Å². The summed E-state index contributed by atoms with van der Waals surface area (Å²) < 4.78 is 29.7. The summed E-state index contributed by atoms with van der Waals surface area (Å²) in [5, 5.41) is 1.50. The predicted molar refractivity (Wildman–Crippen MR) is 114 cm³/mol. The Morgan fingerprint density at radius 2 is 2.07 bits per heavy atom. The van der Waals surface area contributed by atoms with Crippen molar-refractivity contribution in [2.45, 2.75) is 32.4 Å². The Morgan fingerprint density at radius 3 is 2.79 bits per heavy atom. The summed E-state index contributed by atoms with van der Waals surface area (Å²) in [6.07, 6.45) is 2.23. The SMILES string of the molecule is Cc1ccc2occ(CC(=O)N(Cc3cccc(Cl)c3)C3CCS(=O)(=O)C3)c2c1. The van der Waals surface area contributed by atoms with Crippen LogP contribution in [0.2, 0.25) is 5.02 Å². The highest BCUT2D eigenvalue weighted by atomic mass is 35.5. The van der Waals surface area contributed by atoms with Gasteiger partial charge in [0, 0.05) is 28.6 Å². The number of rotatable bonds is 5. The van der Waals surface area contributed by atoms with Gasteiger partial charge in [-0.15, -0.1) is 0 Å². The van der Waals surface area contributed by atoms with Gasteiger partial charge in [0.05, 0.1) is 24.2 Å². The smallest absolute Gasteiger partial charge is 0.227 e. The second kappa shape index (κ2) is 7.84. The number of benzene rings is 2. The number of hydrogen-bond acceptors (Lipinski definition) is 4. The number of fused-ring (bicyclic) bond motifs is 1. The topological polar surface area (TPSA) is 67.6 Å². The summed E-state index contributed by atoms with van der Waals surface area (Å²) in [5.74, 6) is 0.00586. The zero-order valence-electron chi connectivity index (χ0n) is 16.1. The molecule has 29 heavy (non-hydrogen) atoms. The van der Waals surface area contributed by atoms with Crippen LogP contribution in [0.5, 0.6) is 0 Å². The molecule has 7 heteroatoms. The lowest BCUT2D eigenvalue weighted by atomic mass is 10.1. The van der Waals surface area contributed by atoms with Gasteiger partial charge >= 0.3 is 0 Å². The molecule has 0 aliphatic carbocycles. The average molecular weight is 432 g/mol. The second-order valence-electron chi connectivity index (χ2n) is 7.65. The molecule has 5 nitrogen and oxygen atoms in total. The first-order chi connectivity index (χ1) is 13.8. The minimum atomic E-state index is -3.12. The normalized spacial score (nSPS) is 18.2. The van der Waals surface area contributed by atoms with Gasteiger partial charge in [-0.2, -0.15) is 0 Å². The number of hydrogen-bond donors (Lipinski definition) is 0. The summed E-state index contributed by atoms with van der Waals surface area (Å²) in [6, 6.07) is 12.8. The Kier molecular flexibility index (Phi) is 5.40. The lowest BCUT2D eigenvalue weighted by Crippen LogP contribution is -2.41. The molecule has 1 atom stereocenters. The summed E-state index contributed by atoms with van der Waals surface area (Å²) in [4.78, 5) is 15.0. The first-order valence-electron chi connectivity index (χ1n) is 9.52. The maximum absolute atomic E-state index is 13.3. The third-order valence-electron chi connectivity index (χ3n) is 5.36. The molecular formula is C22H22ClNO4S. The van der Waals surface area contributed by atoms with Gasteiger partial charge < -0.3 is 9.32 Å². The summed E-state index contributed by atoms with van der Waals surface area (Å²) in [5.41, 5.74) is 3.52. The Balaban J connectivity index is 1.62. The fourth-order valence-electron chi connectivity index (χ4n) is 3.87. The molecule has 0 spiro atoms. The van der Waals surface area contributed by atoms with E-state index in [1.54, 1.807) is 17.2 Å². The van der Waals surface area contributed by atoms with Gasteiger partial charge in [0.2, 0.25) is 5.91 Å². The van der Waals surface area contributed by atoms with Crippen molar-refractivity contribution < 1.29 is 17.6 Å². The van der Waals surface area contributed by atoms with E-state index in [9.17, 15) is 13.2 Å². The van der Waals surface area contributed by atoms with E-state index >= 15 is 0 Å². The molecule has 152 valence electrons. The number of carbonyl (C=O) groups excluding carboxylic acids is 1. The van der Waals surface area contributed by atoms with Crippen molar-refractivity contribution in [2.75, 3.05) is 11.5 Å². The molecule has 0 bridgehead atoms. The van der Waals surface area contributed by atoms with Gasteiger partial charge in [-0.1, -0.05) is 35.4 Å². The quantitative estimate of drug-likeness (QED) is 0.608. The molecular weight excluding hydrogens is 410 g/mol. The average Bonchev–Trinajstić information content (AvgIpc) is 3.22. The van der Waals surface area contributed by atoms with Crippen LogP contribution in [-0.2, 0) is 27.6 Å². The lowest BCUT2D eigenvalue weighted by molar-refractivity contribution is -0.133. The highest BCUT2D eigenvalue weighted by Gasteiger charge is 2.34. The zero-order valence-corrected chi connectivity index (χ0v) is 17.7. The van der Waals surface area contributed by atoms with Gasteiger partial charge in [-0.25, -0.2) is 8.42 Å². The van der Waals surface area contributed by atoms with Gasteiger partial charge in [-0.05, 0) is 43.2 Å². The number of halogens is 1. The molecule has 4 rings (SSSR count). The number of amides is 1. The molecule has 1 saturated heterocycles. The van der Waals surface area contributed by atoms with E-state index < -0.39 is 9.84 Å². The molecule has 0 saturated carbocycles. The fraction of sp³-hybridized carbons (Fsp3) is 0.318. The highest BCUT2D eigenvalue weighted by Crippen LogP contribution is 2.26. The molecule has 2 aromatic carbocycles. The van der Waals surface area contributed by atoms with Crippen LogP contribution in [0.15, 0.2) is 53.1 Å².